The number of hydrogen-bond acceptors (Lipinski definition) is 6. The van der Waals surface area contributed by atoms with Crippen LogP contribution in [-0.4, -0.2) is 50.2 Å². The predicted octanol–water partition coefficient (Wildman–Crippen LogP) is 0.102. The fraction of sp³-hybridized carbons (Fsp3) is 0.538. The van der Waals surface area contributed by atoms with Gasteiger partial charge in [0.1, 0.15) is 11.6 Å². The normalized spacial score (nSPS) is 11.2. The third-order valence-corrected chi connectivity index (χ3v) is 3.17. The van der Waals surface area contributed by atoms with Crippen molar-refractivity contribution in [2.75, 3.05) is 25.0 Å². The molecule has 114 valence electrons. The van der Waals surface area contributed by atoms with Gasteiger partial charge in [0, 0.05) is 13.6 Å². The molecule has 0 unspecified atom stereocenters. The van der Waals surface area contributed by atoms with Crippen LogP contribution in [0.5, 0.6) is 0 Å². The minimum absolute atomic E-state index is 0.194. The first-order valence-corrected chi connectivity index (χ1v) is 6.98. The van der Waals surface area contributed by atoms with Crippen molar-refractivity contribution in [3.8, 4) is 0 Å². The quantitative estimate of drug-likeness (QED) is 0.750. The average Bonchev–Trinajstić information content (AvgIpc) is 2.80. The minimum atomic E-state index is -0.356. The minimum Gasteiger partial charge on any atom is -0.370 e. The van der Waals surface area contributed by atoms with Crippen LogP contribution in [0.1, 0.15) is 19.7 Å². The zero-order valence-corrected chi connectivity index (χ0v) is 12.6. The van der Waals surface area contributed by atoms with Crippen LogP contribution in [0.15, 0.2) is 6.20 Å². The van der Waals surface area contributed by atoms with Crippen LogP contribution in [0.3, 0.4) is 0 Å². The number of fused-ring (bicyclic) bond motifs is 1. The van der Waals surface area contributed by atoms with Crippen molar-refractivity contribution in [1.82, 2.24) is 24.6 Å². The van der Waals surface area contributed by atoms with Crippen molar-refractivity contribution in [3.63, 3.8) is 0 Å². The molecule has 3 N–H and O–H groups in total. The van der Waals surface area contributed by atoms with Crippen molar-refractivity contribution in [2.45, 2.75) is 20.4 Å². The van der Waals surface area contributed by atoms with Crippen molar-refractivity contribution in [3.05, 3.63) is 12.0 Å². The lowest BCUT2D eigenvalue weighted by molar-refractivity contribution is -0.119. The molecule has 0 bridgehead atoms. The summed E-state index contributed by atoms with van der Waals surface area (Å²) < 4.78 is 1.71. The van der Waals surface area contributed by atoms with E-state index in [1.54, 1.807) is 10.9 Å². The molecule has 0 saturated carbocycles. The van der Waals surface area contributed by atoms with Gasteiger partial charge in [-0.2, -0.15) is 5.10 Å². The Kier molecular flexibility index (Phi) is 4.69. The largest absolute Gasteiger partial charge is 0.370 e. The summed E-state index contributed by atoms with van der Waals surface area (Å²) in [6.45, 7) is 6.11. The molecule has 0 aliphatic carbocycles. The van der Waals surface area contributed by atoms with E-state index in [0.29, 0.717) is 18.9 Å². The van der Waals surface area contributed by atoms with Crippen LogP contribution in [0.2, 0.25) is 0 Å². The molecule has 21 heavy (non-hydrogen) atoms. The van der Waals surface area contributed by atoms with Crippen molar-refractivity contribution in [2.24, 2.45) is 12.8 Å². The van der Waals surface area contributed by atoms with Crippen LogP contribution < -0.4 is 11.1 Å². The number of likely N-dealkylation sites (N-methyl/N-ethyl adjacent to an activating group) is 1. The number of nitrogens with two attached hydrogens (primary N) is 1. The van der Waals surface area contributed by atoms with E-state index >= 15 is 0 Å². The summed E-state index contributed by atoms with van der Waals surface area (Å²) in [5.74, 6) is 1.05. The summed E-state index contributed by atoms with van der Waals surface area (Å²) in [6, 6.07) is 0. The molecular weight excluding hydrogens is 270 g/mol. The van der Waals surface area contributed by atoms with Gasteiger partial charge in [-0.05, 0) is 13.5 Å². The molecule has 0 aliphatic heterocycles. The van der Waals surface area contributed by atoms with Gasteiger partial charge in [0.15, 0.2) is 5.65 Å². The second kappa shape index (κ2) is 6.49. The highest BCUT2D eigenvalue weighted by Gasteiger charge is 2.14. The van der Waals surface area contributed by atoms with Gasteiger partial charge in [-0.15, -0.1) is 0 Å². The van der Waals surface area contributed by atoms with E-state index < -0.39 is 0 Å². The highest BCUT2D eigenvalue weighted by atomic mass is 16.1. The number of nitrogens with zero attached hydrogens (tertiary/aromatic N) is 5. The zero-order chi connectivity index (χ0) is 15.4. The number of aryl methyl sites for hydroxylation is 1. The number of aromatic nitrogens is 4. The number of amides is 1. The molecule has 2 aromatic heterocycles. The lowest BCUT2D eigenvalue weighted by Gasteiger charge is -2.18. The Morgan fingerprint density at radius 2 is 2.19 bits per heavy atom. The molecule has 1 amide bonds. The van der Waals surface area contributed by atoms with E-state index in [1.807, 2.05) is 25.8 Å². The molecule has 0 fully saturated rings. The second-order valence-corrected chi connectivity index (χ2v) is 4.79. The SMILES string of the molecule is CCNc1nc(CN(CC)CC(N)=O)nc2c1cnn2C. The van der Waals surface area contributed by atoms with Crippen molar-refractivity contribution in [1.29, 1.82) is 0 Å². The summed E-state index contributed by atoms with van der Waals surface area (Å²) in [5, 5.41) is 8.33. The lowest BCUT2D eigenvalue weighted by atomic mass is 10.3. The van der Waals surface area contributed by atoms with Crippen LogP contribution >= 0.6 is 0 Å². The van der Waals surface area contributed by atoms with Gasteiger partial charge in [-0.1, -0.05) is 6.92 Å². The Balaban J connectivity index is 2.34. The smallest absolute Gasteiger partial charge is 0.231 e. The summed E-state index contributed by atoms with van der Waals surface area (Å²) >= 11 is 0. The zero-order valence-electron chi connectivity index (χ0n) is 12.6. The average molecular weight is 291 g/mol. The number of primary amides is 1. The number of hydrogen-bond donors (Lipinski definition) is 2. The molecule has 0 aliphatic rings. The number of anilines is 1. The maximum atomic E-state index is 11.1. The maximum absolute atomic E-state index is 11.1. The standard InChI is InChI=1S/C13H21N7O/c1-4-15-12-9-6-16-19(3)13(9)18-11(17-12)8-20(5-2)7-10(14)21/h6H,4-5,7-8H2,1-3H3,(H2,14,21)(H,15,17,18). The molecule has 2 aromatic rings. The van der Waals surface area contributed by atoms with Gasteiger partial charge in [0.2, 0.25) is 5.91 Å². The monoisotopic (exact) mass is 291 g/mol. The van der Waals surface area contributed by atoms with Crippen LogP contribution in [-0.2, 0) is 18.4 Å². The Labute approximate surface area is 123 Å². The van der Waals surface area contributed by atoms with Gasteiger partial charge < -0.3 is 11.1 Å². The Bertz CT molecular complexity index is 637. The summed E-state index contributed by atoms with van der Waals surface area (Å²) in [5.41, 5.74) is 6.02. The Morgan fingerprint density at radius 3 is 2.81 bits per heavy atom. The summed E-state index contributed by atoms with van der Waals surface area (Å²) in [6.07, 6.45) is 1.75. The van der Waals surface area contributed by atoms with Crippen LogP contribution in [0, 0.1) is 0 Å². The van der Waals surface area contributed by atoms with E-state index in [0.717, 1.165) is 23.4 Å². The van der Waals surface area contributed by atoms with E-state index in [1.165, 1.54) is 0 Å². The molecule has 0 atom stereocenters. The van der Waals surface area contributed by atoms with Crippen molar-refractivity contribution < 1.29 is 4.79 Å². The Morgan fingerprint density at radius 1 is 1.43 bits per heavy atom. The third-order valence-electron chi connectivity index (χ3n) is 3.17. The van der Waals surface area contributed by atoms with Gasteiger partial charge in [-0.25, -0.2) is 9.97 Å². The predicted molar refractivity (Wildman–Crippen MR) is 80.6 cm³/mol. The number of rotatable bonds is 7. The third kappa shape index (κ3) is 3.46. The maximum Gasteiger partial charge on any atom is 0.231 e. The van der Waals surface area contributed by atoms with Gasteiger partial charge in [0.05, 0.1) is 24.7 Å². The molecule has 0 aromatic carbocycles. The van der Waals surface area contributed by atoms with E-state index in [-0.39, 0.29) is 12.5 Å². The molecule has 2 rings (SSSR count). The first-order chi connectivity index (χ1) is 10.0. The molecular formula is C13H21N7O. The van der Waals surface area contributed by atoms with E-state index in [9.17, 15) is 4.79 Å². The van der Waals surface area contributed by atoms with E-state index in [4.69, 9.17) is 5.73 Å². The molecule has 8 nitrogen and oxygen atoms in total. The van der Waals surface area contributed by atoms with Gasteiger partial charge >= 0.3 is 0 Å². The highest BCUT2D eigenvalue weighted by Crippen LogP contribution is 2.19. The van der Waals surface area contributed by atoms with E-state index in [2.05, 4.69) is 20.4 Å². The number of carbonyl (C=O) groups is 1. The molecule has 8 heteroatoms. The number of nitrogens with one attached hydrogen (secondary N) is 1. The molecule has 0 radical (unpaired) electrons. The molecule has 0 saturated heterocycles. The summed E-state index contributed by atoms with van der Waals surface area (Å²) in [7, 11) is 1.84. The topological polar surface area (TPSA) is 102 Å². The fourth-order valence-corrected chi connectivity index (χ4v) is 2.14. The fourth-order valence-electron chi connectivity index (χ4n) is 2.14. The first-order valence-electron chi connectivity index (χ1n) is 6.98. The molecule has 0 spiro atoms. The molecule has 2 heterocycles. The highest BCUT2D eigenvalue weighted by molar-refractivity contribution is 5.86. The summed E-state index contributed by atoms with van der Waals surface area (Å²) in [4.78, 5) is 22.0. The van der Waals surface area contributed by atoms with Crippen molar-refractivity contribution >= 4 is 22.8 Å². The van der Waals surface area contributed by atoms with Crippen LogP contribution in [0.25, 0.3) is 11.0 Å². The van der Waals surface area contributed by atoms with Gasteiger partial charge in [0.25, 0.3) is 0 Å². The first kappa shape index (κ1) is 15.2. The van der Waals surface area contributed by atoms with Crippen LogP contribution in [0.4, 0.5) is 5.82 Å². The second-order valence-electron chi connectivity index (χ2n) is 4.79. The lowest BCUT2D eigenvalue weighted by Crippen LogP contribution is -2.33. The van der Waals surface area contributed by atoms with Gasteiger partial charge in [-0.3, -0.25) is 14.4 Å². The number of carbonyl (C=O) groups excluding carboxylic acids is 1. The Hall–Kier alpha value is -2.22.